The molecular formula is C18H45N5O3P3+. The molecule has 0 bridgehead atoms. The van der Waals surface area contributed by atoms with Crippen molar-refractivity contribution in [3.05, 3.63) is 0 Å². The molecule has 0 heterocycles. The third-order valence-electron chi connectivity index (χ3n) is 4.56. The van der Waals surface area contributed by atoms with Crippen LogP contribution in [0.4, 0.5) is 0 Å². The van der Waals surface area contributed by atoms with E-state index < -0.39 is 7.92 Å². The number of hydrogen-bond donors (Lipinski definition) is 6. The minimum Gasteiger partial charge on any atom is -0.395 e. The smallest absolute Gasteiger partial charge is 0.344 e. The lowest BCUT2D eigenvalue weighted by molar-refractivity contribution is 0.104. The Morgan fingerprint density at radius 2 is 1.66 bits per heavy atom. The largest absolute Gasteiger partial charge is 0.395 e. The van der Waals surface area contributed by atoms with Crippen LogP contribution in [0.3, 0.4) is 0 Å². The van der Waals surface area contributed by atoms with E-state index in [4.69, 9.17) is 20.5 Å². The number of nitrogens with two attached hydrogens (primary N) is 2. The number of ether oxygens (including phenoxy) is 1. The first kappa shape index (κ1) is 29.7. The molecule has 0 aromatic carbocycles. The van der Waals surface area contributed by atoms with Crippen LogP contribution >= 0.6 is 25.5 Å². The average Bonchev–Trinajstić information content (AvgIpc) is 2.66. The maximum atomic E-state index is 9.30. The van der Waals surface area contributed by atoms with Crippen molar-refractivity contribution < 1.29 is 14.4 Å². The Labute approximate surface area is 182 Å². The predicted molar refractivity (Wildman–Crippen MR) is 132 cm³/mol. The van der Waals surface area contributed by atoms with Gasteiger partial charge in [0.25, 0.3) is 0 Å². The van der Waals surface area contributed by atoms with E-state index in [1.807, 2.05) is 5.80 Å². The first-order valence-electron chi connectivity index (χ1n) is 10.3. The normalized spacial score (nSPS) is 16.9. The maximum Gasteiger partial charge on any atom is 0.344 e. The molecule has 0 spiro atoms. The van der Waals surface area contributed by atoms with Gasteiger partial charge in [-0.25, -0.2) is 0 Å². The number of rotatable bonds is 18. The summed E-state index contributed by atoms with van der Waals surface area (Å²) in [4.78, 5) is 0. The quantitative estimate of drug-likeness (QED) is 0.102. The van der Waals surface area contributed by atoms with Crippen molar-refractivity contribution in [3.63, 3.8) is 0 Å². The first-order chi connectivity index (χ1) is 13.7. The van der Waals surface area contributed by atoms with Crippen LogP contribution in [0.15, 0.2) is 0 Å². The monoisotopic (exact) mass is 472 g/mol. The van der Waals surface area contributed by atoms with E-state index in [0.29, 0.717) is 61.4 Å². The molecule has 0 aliphatic heterocycles. The molecule has 8 nitrogen and oxygen atoms in total. The van der Waals surface area contributed by atoms with Crippen molar-refractivity contribution >= 4 is 31.3 Å². The topological polar surface area (TPSA) is 127 Å². The van der Waals surface area contributed by atoms with Gasteiger partial charge in [-0.15, -0.1) is 5.50 Å². The van der Waals surface area contributed by atoms with Gasteiger partial charge in [0.05, 0.1) is 13.2 Å². The molecule has 0 aromatic rings. The molecule has 6 atom stereocenters. The molecule has 0 saturated heterocycles. The van der Waals surface area contributed by atoms with Crippen LogP contribution < -0.4 is 26.5 Å². The molecule has 0 saturated carbocycles. The SMILES string of the molecule is CC(C)C(N)CO[P+](N)=CCPNC(COCNPNC(CO)C(C)C)C(C)C. The van der Waals surface area contributed by atoms with Crippen LogP contribution in [0, 0.1) is 17.8 Å². The summed E-state index contributed by atoms with van der Waals surface area (Å²) in [7, 11) is -0.0776. The van der Waals surface area contributed by atoms with Gasteiger partial charge in [0, 0.05) is 33.2 Å². The third kappa shape index (κ3) is 16.1. The molecule has 0 fully saturated rings. The number of aliphatic hydroxyl groups excluding tert-OH is 1. The van der Waals surface area contributed by atoms with Crippen molar-refractivity contribution in [3.8, 4) is 0 Å². The summed E-state index contributed by atoms with van der Waals surface area (Å²) in [5, 5.41) is 19.4. The van der Waals surface area contributed by atoms with Gasteiger partial charge in [-0.3, -0.25) is 15.3 Å². The van der Waals surface area contributed by atoms with Crippen LogP contribution in [-0.2, 0) is 9.26 Å². The van der Waals surface area contributed by atoms with Crippen LogP contribution in [0.25, 0.3) is 0 Å². The zero-order valence-electron chi connectivity index (χ0n) is 18.9. The van der Waals surface area contributed by atoms with Crippen molar-refractivity contribution in [2.45, 2.75) is 59.7 Å². The summed E-state index contributed by atoms with van der Waals surface area (Å²) in [5.74, 6) is 3.31. The van der Waals surface area contributed by atoms with E-state index in [9.17, 15) is 5.11 Å². The molecule has 0 aliphatic carbocycles. The van der Waals surface area contributed by atoms with Crippen molar-refractivity contribution in [1.82, 2.24) is 15.3 Å². The van der Waals surface area contributed by atoms with Crippen LogP contribution in [0.1, 0.15) is 41.5 Å². The van der Waals surface area contributed by atoms with Gasteiger partial charge in [-0.2, -0.15) is 4.52 Å². The lowest BCUT2D eigenvalue weighted by atomic mass is 10.1. The Hall–Kier alpha value is 0.710. The summed E-state index contributed by atoms with van der Waals surface area (Å²) in [5.41, 5.74) is 12.0. The number of aliphatic hydroxyl groups is 1. The standard InChI is InChI=1S/C18H45N5O3P3/c1-13(2)16(19)10-26-29(20)8-7-27-22-18(15(5)6)11-25-12-21-28-23-17(9-24)14(3)4/h8,13-18,21-24,27-28H,7,9-12,19-20H2,1-6H3/q+1. The molecule has 0 aromatic heterocycles. The van der Waals surface area contributed by atoms with E-state index in [2.05, 4.69) is 56.8 Å². The summed E-state index contributed by atoms with van der Waals surface area (Å²) in [6.07, 6.45) is 0.879. The lowest BCUT2D eigenvalue weighted by Gasteiger charge is -2.23. The van der Waals surface area contributed by atoms with Crippen molar-refractivity contribution in [2.24, 2.45) is 29.0 Å². The van der Waals surface area contributed by atoms with Gasteiger partial charge >= 0.3 is 7.92 Å². The number of hydrogen-bond acceptors (Lipinski definition) is 8. The molecular weight excluding hydrogens is 427 g/mol. The second-order valence-electron chi connectivity index (χ2n) is 8.12. The lowest BCUT2D eigenvalue weighted by Crippen LogP contribution is -2.35. The summed E-state index contributed by atoms with van der Waals surface area (Å²) in [6.45, 7) is 14.5. The third-order valence-corrected chi connectivity index (χ3v) is 7.71. The maximum absolute atomic E-state index is 9.30. The van der Waals surface area contributed by atoms with Gasteiger partial charge in [-0.1, -0.05) is 41.5 Å². The minimum atomic E-state index is -1.02. The van der Waals surface area contributed by atoms with E-state index in [0.717, 1.165) is 6.16 Å². The van der Waals surface area contributed by atoms with E-state index in [1.165, 1.54) is 0 Å². The molecule has 6 unspecified atom stereocenters. The van der Waals surface area contributed by atoms with Gasteiger partial charge in [-0.05, 0) is 26.5 Å². The van der Waals surface area contributed by atoms with Crippen LogP contribution in [-0.4, -0.2) is 61.7 Å². The number of nitrogens with one attached hydrogen (secondary N) is 3. The molecule has 0 radical (unpaired) electrons. The molecule has 8 N–H and O–H groups in total. The predicted octanol–water partition coefficient (Wildman–Crippen LogP) is 1.95. The second-order valence-corrected chi connectivity index (χ2v) is 11.4. The fourth-order valence-corrected chi connectivity index (χ4v) is 5.20. The minimum absolute atomic E-state index is 0.0318. The fraction of sp³-hybridized carbons (Fsp3) is 0.944. The van der Waals surface area contributed by atoms with Crippen LogP contribution in [0.2, 0.25) is 0 Å². The highest BCUT2D eigenvalue weighted by Crippen LogP contribution is 2.17. The Bertz CT molecular complexity index is 432. The Kier molecular flexibility index (Phi) is 18.7. The molecule has 11 heteroatoms. The van der Waals surface area contributed by atoms with E-state index in [-0.39, 0.29) is 18.7 Å². The molecule has 0 amide bonds. The highest BCUT2D eigenvalue weighted by molar-refractivity contribution is 7.52. The summed E-state index contributed by atoms with van der Waals surface area (Å²) < 4.78 is 11.4. The molecule has 0 rings (SSSR count). The average molecular weight is 473 g/mol. The Morgan fingerprint density at radius 3 is 2.21 bits per heavy atom. The fourth-order valence-electron chi connectivity index (χ4n) is 1.98. The van der Waals surface area contributed by atoms with E-state index >= 15 is 0 Å². The van der Waals surface area contributed by atoms with Crippen LogP contribution in [0.5, 0.6) is 0 Å². The first-order valence-corrected chi connectivity index (χ1v) is 14.0. The van der Waals surface area contributed by atoms with Gasteiger partial charge in [0.1, 0.15) is 19.1 Å². The van der Waals surface area contributed by atoms with E-state index in [1.54, 1.807) is 0 Å². The second kappa shape index (κ2) is 18.3. The van der Waals surface area contributed by atoms with Gasteiger partial charge in [0.2, 0.25) is 0 Å². The molecule has 174 valence electrons. The molecule has 0 aliphatic rings. The zero-order chi connectivity index (χ0) is 22.2. The van der Waals surface area contributed by atoms with Gasteiger partial charge in [0.15, 0.2) is 0 Å². The highest BCUT2D eigenvalue weighted by atomic mass is 31.1. The summed E-state index contributed by atoms with van der Waals surface area (Å²) in [6, 6.07) is 0.436. The highest BCUT2D eigenvalue weighted by Gasteiger charge is 2.15. The Morgan fingerprint density at radius 1 is 1.00 bits per heavy atom. The van der Waals surface area contributed by atoms with Crippen molar-refractivity contribution in [1.29, 1.82) is 0 Å². The van der Waals surface area contributed by atoms with Gasteiger partial charge < -0.3 is 15.6 Å². The van der Waals surface area contributed by atoms with Crippen molar-refractivity contribution in [2.75, 3.05) is 32.7 Å². The summed E-state index contributed by atoms with van der Waals surface area (Å²) >= 11 is 0. The Balaban J connectivity index is 3.96. The molecule has 29 heavy (non-hydrogen) atoms. The zero-order valence-corrected chi connectivity index (χ0v) is 21.8.